The normalized spacial score (nSPS) is 20.3. The lowest BCUT2D eigenvalue weighted by atomic mass is 10.0. The number of likely N-dealkylation sites (tertiary alicyclic amines) is 1. The van der Waals surface area contributed by atoms with Crippen molar-refractivity contribution in [1.82, 2.24) is 9.80 Å². The second-order valence-corrected chi connectivity index (χ2v) is 9.32. The fraction of sp³-hybridized carbons (Fsp3) is 0.560. The molecule has 0 radical (unpaired) electrons. The van der Waals surface area contributed by atoms with Crippen molar-refractivity contribution in [3.8, 4) is 5.75 Å². The van der Waals surface area contributed by atoms with E-state index in [0.717, 1.165) is 58.2 Å². The summed E-state index contributed by atoms with van der Waals surface area (Å²) in [6, 6.07) is 7.51. The lowest BCUT2D eigenvalue weighted by molar-refractivity contribution is -0.0257. The minimum Gasteiger partial charge on any atom is -0.459 e. The van der Waals surface area contributed by atoms with Crippen LogP contribution in [0.25, 0.3) is 0 Å². The molecule has 5 nitrogen and oxygen atoms in total. The Morgan fingerprint density at radius 2 is 1.81 bits per heavy atom. The number of carbonyl (C=O) groups excluding carboxylic acids is 1. The number of hydrogen-bond donors (Lipinski definition) is 1. The van der Waals surface area contributed by atoms with Gasteiger partial charge in [-0.25, -0.2) is 4.79 Å². The van der Waals surface area contributed by atoms with Gasteiger partial charge in [0.25, 0.3) is 0 Å². The van der Waals surface area contributed by atoms with E-state index < -0.39 is 5.85 Å². The molecule has 1 aliphatic heterocycles. The first-order chi connectivity index (χ1) is 14.9. The van der Waals surface area contributed by atoms with Gasteiger partial charge in [0.2, 0.25) is 5.85 Å². The van der Waals surface area contributed by atoms with E-state index in [0.29, 0.717) is 17.5 Å². The van der Waals surface area contributed by atoms with Gasteiger partial charge in [-0.15, -0.1) is 0 Å². The van der Waals surface area contributed by atoms with Crippen LogP contribution in [0.2, 0.25) is 0 Å². The average molecular weight is 428 g/mol. The number of allylic oxidation sites excluding steroid dienone is 2. The molecule has 0 unspecified atom stereocenters. The molecule has 2 fully saturated rings. The number of anilines is 1. The van der Waals surface area contributed by atoms with E-state index >= 15 is 0 Å². The summed E-state index contributed by atoms with van der Waals surface area (Å²) in [5.74, 6) is -1.29. The molecule has 1 saturated carbocycles. The first-order valence-corrected chi connectivity index (χ1v) is 11.5. The van der Waals surface area contributed by atoms with Gasteiger partial charge in [-0.3, -0.25) is 4.90 Å². The van der Waals surface area contributed by atoms with Crippen LogP contribution in [-0.2, 0) is 0 Å². The summed E-state index contributed by atoms with van der Waals surface area (Å²) in [5.41, 5.74) is 2.12. The Morgan fingerprint density at radius 1 is 1.13 bits per heavy atom. The van der Waals surface area contributed by atoms with Crippen molar-refractivity contribution in [1.29, 1.82) is 0 Å². The van der Waals surface area contributed by atoms with Gasteiger partial charge in [0.1, 0.15) is 5.75 Å². The predicted molar refractivity (Wildman–Crippen MR) is 122 cm³/mol. The minimum atomic E-state index is -1.73. The number of alkyl halides is 1. The molecule has 1 heterocycles. The van der Waals surface area contributed by atoms with Gasteiger partial charge in [-0.1, -0.05) is 18.2 Å². The number of urea groups is 1. The van der Waals surface area contributed by atoms with Crippen LogP contribution >= 0.6 is 0 Å². The highest BCUT2D eigenvalue weighted by Crippen LogP contribution is 2.33. The van der Waals surface area contributed by atoms with E-state index in [2.05, 4.69) is 33.3 Å². The topological polar surface area (TPSA) is 44.8 Å². The number of benzene rings is 1. The van der Waals surface area contributed by atoms with E-state index in [1.54, 1.807) is 24.3 Å². The molecule has 0 spiro atoms. The molecule has 1 aromatic carbocycles. The van der Waals surface area contributed by atoms with Crippen molar-refractivity contribution in [2.24, 2.45) is 0 Å². The van der Waals surface area contributed by atoms with Crippen LogP contribution in [0, 0.1) is 0 Å². The zero-order chi connectivity index (χ0) is 21.8. The molecule has 1 saturated heterocycles. The van der Waals surface area contributed by atoms with Gasteiger partial charge in [0.05, 0.1) is 0 Å². The van der Waals surface area contributed by atoms with Gasteiger partial charge < -0.3 is 15.0 Å². The maximum Gasteiger partial charge on any atom is 0.322 e. The summed E-state index contributed by atoms with van der Waals surface area (Å²) < 4.78 is 18.9. The Hall–Kier alpha value is -2.34. The summed E-state index contributed by atoms with van der Waals surface area (Å²) in [6.45, 7) is 5.80. The SMILES string of the molecule is CC(C)(F)Oc1ccc(NC(=O)N(C2CC2)C2CCN(CC3=CCCC=C3)CC2)cc1. The van der Waals surface area contributed by atoms with Crippen molar-refractivity contribution in [2.45, 2.75) is 70.3 Å². The van der Waals surface area contributed by atoms with Crippen LogP contribution in [0.5, 0.6) is 5.75 Å². The largest absolute Gasteiger partial charge is 0.459 e. The summed E-state index contributed by atoms with van der Waals surface area (Å²) in [7, 11) is 0. The Bertz CT molecular complexity index is 816. The number of piperidine rings is 1. The molecule has 168 valence electrons. The molecule has 4 rings (SSSR count). The highest BCUT2D eigenvalue weighted by Gasteiger charge is 2.38. The number of rotatable bonds is 7. The van der Waals surface area contributed by atoms with Gasteiger partial charge in [0, 0.05) is 51.3 Å². The number of halogens is 1. The molecule has 2 amide bonds. The van der Waals surface area contributed by atoms with Crippen LogP contribution in [0.15, 0.2) is 48.1 Å². The zero-order valence-electron chi connectivity index (χ0n) is 18.6. The Kier molecular flexibility index (Phi) is 6.65. The number of amides is 2. The van der Waals surface area contributed by atoms with Crippen LogP contribution < -0.4 is 10.1 Å². The lowest BCUT2D eigenvalue weighted by Gasteiger charge is -2.39. The third-order valence-corrected chi connectivity index (χ3v) is 6.07. The third kappa shape index (κ3) is 6.33. The monoisotopic (exact) mass is 427 g/mol. The second-order valence-electron chi connectivity index (χ2n) is 9.32. The van der Waals surface area contributed by atoms with Gasteiger partial charge >= 0.3 is 6.03 Å². The molecular weight excluding hydrogens is 393 g/mol. The third-order valence-electron chi connectivity index (χ3n) is 6.07. The van der Waals surface area contributed by atoms with Crippen molar-refractivity contribution < 1.29 is 13.9 Å². The zero-order valence-corrected chi connectivity index (χ0v) is 18.6. The molecule has 3 aliphatic rings. The number of hydrogen-bond acceptors (Lipinski definition) is 3. The van der Waals surface area contributed by atoms with Crippen molar-refractivity contribution in [2.75, 3.05) is 25.0 Å². The molecule has 1 N–H and O–H groups in total. The Balaban J connectivity index is 1.31. The molecule has 1 aromatic rings. The Labute approximate surface area is 184 Å². The molecule has 0 bridgehead atoms. The van der Waals surface area contributed by atoms with Crippen molar-refractivity contribution in [3.63, 3.8) is 0 Å². The predicted octanol–water partition coefficient (Wildman–Crippen LogP) is 5.51. The number of nitrogens with zero attached hydrogens (tertiary/aromatic N) is 2. The quantitative estimate of drug-likeness (QED) is 0.624. The fourth-order valence-electron chi connectivity index (χ4n) is 4.46. The smallest absolute Gasteiger partial charge is 0.322 e. The van der Waals surface area contributed by atoms with E-state index in [9.17, 15) is 9.18 Å². The second kappa shape index (κ2) is 9.43. The highest BCUT2D eigenvalue weighted by atomic mass is 19.2. The van der Waals surface area contributed by atoms with Crippen LogP contribution in [0.4, 0.5) is 14.9 Å². The van der Waals surface area contributed by atoms with Gasteiger partial charge in [-0.05, 0) is 68.4 Å². The van der Waals surface area contributed by atoms with Crippen LogP contribution in [-0.4, -0.2) is 53.4 Å². The highest BCUT2D eigenvalue weighted by molar-refractivity contribution is 5.90. The number of nitrogens with one attached hydrogen (secondary N) is 1. The first kappa shape index (κ1) is 21.9. The standard InChI is InChI=1S/C25H34FN3O2/c1-25(2,26)31-23-12-8-20(9-13-23)27-24(30)29(21-10-11-21)22-14-16-28(17-15-22)18-19-6-4-3-5-7-19/h4,6-9,12-13,21-22H,3,5,10-11,14-18H2,1-2H3,(H,27,30). The van der Waals surface area contributed by atoms with Crippen molar-refractivity contribution in [3.05, 3.63) is 48.1 Å². The molecule has 2 aliphatic carbocycles. The summed E-state index contributed by atoms with van der Waals surface area (Å²) in [4.78, 5) is 17.7. The van der Waals surface area contributed by atoms with E-state index in [1.165, 1.54) is 19.4 Å². The summed E-state index contributed by atoms with van der Waals surface area (Å²) in [5, 5.41) is 3.03. The summed E-state index contributed by atoms with van der Waals surface area (Å²) >= 11 is 0. The summed E-state index contributed by atoms with van der Waals surface area (Å²) in [6.07, 6.45) is 13.4. The van der Waals surface area contributed by atoms with Gasteiger partial charge in [-0.2, -0.15) is 4.39 Å². The molecule has 0 atom stereocenters. The van der Waals surface area contributed by atoms with E-state index in [1.807, 2.05) is 0 Å². The Morgan fingerprint density at radius 3 is 2.39 bits per heavy atom. The van der Waals surface area contributed by atoms with Gasteiger partial charge in [0.15, 0.2) is 0 Å². The van der Waals surface area contributed by atoms with E-state index in [4.69, 9.17) is 4.74 Å². The maximum absolute atomic E-state index is 13.6. The molecule has 0 aromatic heterocycles. The lowest BCUT2D eigenvalue weighted by Crippen LogP contribution is -2.50. The fourth-order valence-corrected chi connectivity index (χ4v) is 4.46. The average Bonchev–Trinajstić information content (AvgIpc) is 3.56. The van der Waals surface area contributed by atoms with E-state index in [-0.39, 0.29) is 12.1 Å². The minimum absolute atomic E-state index is 0.0293. The van der Waals surface area contributed by atoms with Crippen LogP contribution in [0.1, 0.15) is 52.4 Å². The van der Waals surface area contributed by atoms with Crippen molar-refractivity contribution >= 4 is 11.7 Å². The molecular formula is C25H34FN3O2. The molecule has 6 heteroatoms. The molecule has 31 heavy (non-hydrogen) atoms. The number of ether oxygens (including phenoxy) is 1. The maximum atomic E-state index is 13.6. The van der Waals surface area contributed by atoms with Crippen LogP contribution in [0.3, 0.4) is 0 Å². The first-order valence-electron chi connectivity index (χ1n) is 11.5. The number of carbonyl (C=O) groups is 1.